The zero-order valence-electron chi connectivity index (χ0n) is 16.2. The average Bonchev–Trinajstić information content (AvgIpc) is 3.16. The summed E-state index contributed by atoms with van der Waals surface area (Å²) in [5.74, 6) is 1.61. The topological polar surface area (TPSA) is 74.6 Å². The number of aromatic nitrogens is 2. The SMILES string of the molecule is CN=C(NCCNC(=O)C(C)(C)C)N1CCC(Cc2cnn(C)c2)C1. The Morgan fingerprint density at radius 2 is 2.08 bits per heavy atom. The van der Waals surface area contributed by atoms with Crippen molar-refractivity contribution in [3.8, 4) is 0 Å². The van der Waals surface area contributed by atoms with E-state index in [0.29, 0.717) is 19.0 Å². The van der Waals surface area contributed by atoms with Crippen LogP contribution in [0.15, 0.2) is 17.4 Å². The maximum Gasteiger partial charge on any atom is 0.225 e. The molecule has 1 unspecified atom stereocenters. The van der Waals surface area contributed by atoms with E-state index in [9.17, 15) is 4.79 Å². The summed E-state index contributed by atoms with van der Waals surface area (Å²) in [4.78, 5) is 18.5. The molecule has 140 valence electrons. The number of rotatable bonds is 5. The van der Waals surface area contributed by atoms with Crippen molar-refractivity contribution in [2.45, 2.75) is 33.6 Å². The first-order valence-electron chi connectivity index (χ1n) is 9.01. The molecule has 0 saturated carbocycles. The molecule has 1 aromatic rings. The molecule has 7 nitrogen and oxygen atoms in total. The molecular formula is C18H32N6O. The van der Waals surface area contributed by atoms with Gasteiger partial charge in [0, 0.05) is 51.9 Å². The molecule has 1 amide bonds. The van der Waals surface area contributed by atoms with Crippen molar-refractivity contribution >= 4 is 11.9 Å². The molecule has 0 radical (unpaired) electrons. The largest absolute Gasteiger partial charge is 0.354 e. The Bertz CT molecular complexity index is 601. The highest BCUT2D eigenvalue weighted by Gasteiger charge is 2.25. The number of likely N-dealkylation sites (tertiary alicyclic amines) is 1. The quantitative estimate of drug-likeness (QED) is 0.473. The number of guanidine groups is 1. The highest BCUT2D eigenvalue weighted by molar-refractivity contribution is 5.82. The molecule has 1 saturated heterocycles. The van der Waals surface area contributed by atoms with E-state index in [1.54, 1.807) is 0 Å². The summed E-state index contributed by atoms with van der Waals surface area (Å²) >= 11 is 0. The van der Waals surface area contributed by atoms with Crippen LogP contribution in [0.4, 0.5) is 0 Å². The number of aliphatic imine (C=N–C) groups is 1. The molecule has 2 heterocycles. The molecule has 1 aromatic heterocycles. The van der Waals surface area contributed by atoms with E-state index in [4.69, 9.17) is 0 Å². The van der Waals surface area contributed by atoms with Gasteiger partial charge in [0.1, 0.15) is 0 Å². The summed E-state index contributed by atoms with van der Waals surface area (Å²) in [6.07, 6.45) is 6.26. The summed E-state index contributed by atoms with van der Waals surface area (Å²) in [5.41, 5.74) is 0.943. The van der Waals surface area contributed by atoms with Crippen molar-refractivity contribution in [1.29, 1.82) is 0 Å². The van der Waals surface area contributed by atoms with Gasteiger partial charge in [-0.2, -0.15) is 5.10 Å². The third kappa shape index (κ3) is 5.76. The maximum atomic E-state index is 11.9. The van der Waals surface area contributed by atoms with Crippen molar-refractivity contribution in [3.63, 3.8) is 0 Å². The number of nitrogens with one attached hydrogen (secondary N) is 2. The van der Waals surface area contributed by atoms with Crippen LogP contribution in [0, 0.1) is 11.3 Å². The van der Waals surface area contributed by atoms with Crippen LogP contribution in [0.1, 0.15) is 32.8 Å². The predicted octanol–water partition coefficient (Wildman–Crippen LogP) is 1.02. The Balaban J connectivity index is 1.73. The fourth-order valence-corrected chi connectivity index (χ4v) is 3.05. The highest BCUT2D eigenvalue weighted by atomic mass is 16.2. The van der Waals surface area contributed by atoms with Gasteiger partial charge in [0.05, 0.1) is 6.20 Å². The van der Waals surface area contributed by atoms with E-state index in [1.807, 2.05) is 45.7 Å². The minimum Gasteiger partial charge on any atom is -0.354 e. The fourth-order valence-electron chi connectivity index (χ4n) is 3.05. The van der Waals surface area contributed by atoms with Crippen LogP contribution in [0.5, 0.6) is 0 Å². The van der Waals surface area contributed by atoms with Crippen molar-refractivity contribution in [2.75, 3.05) is 33.2 Å². The lowest BCUT2D eigenvalue weighted by Crippen LogP contribution is -2.44. The lowest BCUT2D eigenvalue weighted by atomic mass is 9.96. The molecule has 25 heavy (non-hydrogen) atoms. The second-order valence-corrected chi connectivity index (χ2v) is 7.81. The van der Waals surface area contributed by atoms with Gasteiger partial charge in [-0.15, -0.1) is 0 Å². The van der Waals surface area contributed by atoms with Crippen molar-refractivity contribution in [2.24, 2.45) is 23.4 Å². The zero-order valence-corrected chi connectivity index (χ0v) is 16.2. The van der Waals surface area contributed by atoms with Gasteiger partial charge in [-0.1, -0.05) is 20.8 Å². The normalized spacial score (nSPS) is 18.5. The number of amides is 1. The summed E-state index contributed by atoms with van der Waals surface area (Å²) in [7, 11) is 3.76. The average molecular weight is 348 g/mol. The molecule has 0 spiro atoms. The number of aryl methyl sites for hydroxylation is 1. The minimum atomic E-state index is -0.351. The van der Waals surface area contributed by atoms with Crippen LogP contribution in [0.3, 0.4) is 0 Å². The van der Waals surface area contributed by atoms with Crippen LogP contribution in [-0.4, -0.2) is 59.8 Å². The van der Waals surface area contributed by atoms with Crippen molar-refractivity contribution < 1.29 is 4.79 Å². The zero-order chi connectivity index (χ0) is 18.4. The Morgan fingerprint density at radius 1 is 1.36 bits per heavy atom. The molecule has 2 N–H and O–H groups in total. The van der Waals surface area contributed by atoms with Gasteiger partial charge < -0.3 is 15.5 Å². The monoisotopic (exact) mass is 348 g/mol. The van der Waals surface area contributed by atoms with E-state index in [1.165, 1.54) is 5.56 Å². The number of carbonyl (C=O) groups excluding carboxylic acids is 1. The van der Waals surface area contributed by atoms with Crippen LogP contribution in [0.2, 0.25) is 0 Å². The molecule has 0 aromatic carbocycles. The van der Waals surface area contributed by atoms with Crippen molar-refractivity contribution in [1.82, 2.24) is 25.3 Å². The van der Waals surface area contributed by atoms with Crippen LogP contribution in [0.25, 0.3) is 0 Å². The summed E-state index contributed by atoms with van der Waals surface area (Å²) in [5, 5.41) is 10.5. The standard InChI is InChI=1S/C18H32N6O/c1-18(2,3)16(25)20-7-8-21-17(19-4)24-9-6-14(13-24)10-15-11-22-23(5)12-15/h11-12,14H,6-10,13H2,1-5H3,(H,19,21)(H,20,25). The van der Waals surface area contributed by atoms with Gasteiger partial charge >= 0.3 is 0 Å². The fraction of sp³-hybridized carbons (Fsp3) is 0.722. The van der Waals surface area contributed by atoms with Crippen LogP contribution >= 0.6 is 0 Å². The number of nitrogens with zero attached hydrogens (tertiary/aromatic N) is 4. The smallest absolute Gasteiger partial charge is 0.225 e. The molecule has 1 aliphatic rings. The van der Waals surface area contributed by atoms with E-state index < -0.39 is 0 Å². The third-order valence-electron chi connectivity index (χ3n) is 4.45. The second-order valence-electron chi connectivity index (χ2n) is 7.81. The predicted molar refractivity (Wildman–Crippen MR) is 100 cm³/mol. The molecule has 0 bridgehead atoms. The molecule has 7 heteroatoms. The van der Waals surface area contributed by atoms with E-state index in [0.717, 1.165) is 31.9 Å². The van der Waals surface area contributed by atoms with E-state index in [-0.39, 0.29) is 11.3 Å². The Labute approximate surface area is 150 Å². The van der Waals surface area contributed by atoms with Gasteiger partial charge in [-0.05, 0) is 24.3 Å². The van der Waals surface area contributed by atoms with Crippen molar-refractivity contribution in [3.05, 3.63) is 18.0 Å². The highest BCUT2D eigenvalue weighted by Crippen LogP contribution is 2.20. The lowest BCUT2D eigenvalue weighted by molar-refractivity contribution is -0.128. The molecule has 1 aliphatic heterocycles. The van der Waals surface area contributed by atoms with Crippen LogP contribution < -0.4 is 10.6 Å². The molecular weight excluding hydrogens is 316 g/mol. The van der Waals surface area contributed by atoms with E-state index >= 15 is 0 Å². The lowest BCUT2D eigenvalue weighted by Gasteiger charge is -2.22. The van der Waals surface area contributed by atoms with Gasteiger partial charge in [0.15, 0.2) is 5.96 Å². The van der Waals surface area contributed by atoms with Gasteiger partial charge in [0.25, 0.3) is 0 Å². The summed E-state index contributed by atoms with van der Waals surface area (Å²) in [6.45, 7) is 9.05. The van der Waals surface area contributed by atoms with Crippen LogP contribution in [-0.2, 0) is 18.3 Å². The number of hydrogen-bond donors (Lipinski definition) is 2. The molecule has 1 fully saturated rings. The first kappa shape index (κ1) is 19.3. The summed E-state index contributed by atoms with van der Waals surface area (Å²) < 4.78 is 1.86. The Morgan fingerprint density at radius 3 is 2.68 bits per heavy atom. The number of carbonyl (C=O) groups is 1. The first-order chi connectivity index (χ1) is 11.8. The van der Waals surface area contributed by atoms with Gasteiger partial charge in [-0.3, -0.25) is 14.5 Å². The maximum absolute atomic E-state index is 11.9. The molecule has 0 aliphatic carbocycles. The summed E-state index contributed by atoms with van der Waals surface area (Å²) in [6, 6.07) is 0. The van der Waals surface area contributed by atoms with E-state index in [2.05, 4.69) is 31.8 Å². The Hall–Kier alpha value is -2.05. The number of hydrogen-bond acceptors (Lipinski definition) is 3. The first-order valence-corrected chi connectivity index (χ1v) is 9.01. The second kappa shape index (κ2) is 8.36. The minimum absolute atomic E-state index is 0.0713. The third-order valence-corrected chi connectivity index (χ3v) is 4.45. The molecule has 2 rings (SSSR count). The Kier molecular flexibility index (Phi) is 6.45. The van der Waals surface area contributed by atoms with Gasteiger partial charge in [-0.25, -0.2) is 0 Å². The van der Waals surface area contributed by atoms with Gasteiger partial charge in [0.2, 0.25) is 5.91 Å². The molecule has 1 atom stereocenters.